The molecule has 90 valence electrons. The van der Waals surface area contributed by atoms with Crippen molar-refractivity contribution in [3.8, 4) is 0 Å². The maximum Gasteiger partial charge on any atom is 0.0565 e. The summed E-state index contributed by atoms with van der Waals surface area (Å²) in [4.78, 5) is 0. The summed E-state index contributed by atoms with van der Waals surface area (Å²) in [5.41, 5.74) is 0. The van der Waals surface area contributed by atoms with Gasteiger partial charge in [0.25, 0.3) is 0 Å². The van der Waals surface area contributed by atoms with E-state index in [1.807, 2.05) is 0 Å². The van der Waals surface area contributed by atoms with Gasteiger partial charge in [-0.25, -0.2) is 0 Å². The van der Waals surface area contributed by atoms with Crippen LogP contribution in [-0.4, -0.2) is 11.2 Å². The molecule has 0 amide bonds. The molecule has 0 spiro atoms. The zero-order valence-electron chi connectivity index (χ0n) is 10.5. The lowest BCUT2D eigenvalue weighted by Crippen LogP contribution is -2.19. The van der Waals surface area contributed by atoms with Crippen molar-refractivity contribution in [2.24, 2.45) is 11.8 Å². The smallest absolute Gasteiger partial charge is 0.0565 e. The van der Waals surface area contributed by atoms with Crippen molar-refractivity contribution in [2.75, 3.05) is 0 Å². The highest BCUT2D eigenvalue weighted by atomic mass is 16.3. The molecule has 2 atom stereocenters. The molecule has 15 heavy (non-hydrogen) atoms. The van der Waals surface area contributed by atoms with Gasteiger partial charge in [-0.05, 0) is 31.1 Å². The Balaban J connectivity index is 2.11. The first-order valence-electron chi connectivity index (χ1n) is 6.92. The van der Waals surface area contributed by atoms with Crippen LogP contribution in [0, 0.1) is 11.8 Å². The van der Waals surface area contributed by atoms with E-state index in [9.17, 15) is 5.11 Å². The first kappa shape index (κ1) is 13.0. The molecule has 1 aliphatic carbocycles. The molecule has 0 heterocycles. The van der Waals surface area contributed by atoms with E-state index in [1.54, 1.807) is 0 Å². The lowest BCUT2D eigenvalue weighted by Gasteiger charge is -2.24. The van der Waals surface area contributed by atoms with Gasteiger partial charge >= 0.3 is 0 Å². The molecule has 1 heteroatoms. The highest BCUT2D eigenvalue weighted by Crippen LogP contribution is 2.28. The molecule has 1 saturated carbocycles. The van der Waals surface area contributed by atoms with Crippen molar-refractivity contribution in [1.29, 1.82) is 0 Å². The monoisotopic (exact) mass is 212 g/mol. The van der Waals surface area contributed by atoms with Gasteiger partial charge in [0, 0.05) is 0 Å². The fourth-order valence-electron chi connectivity index (χ4n) is 2.81. The predicted molar refractivity (Wildman–Crippen MR) is 65.9 cm³/mol. The van der Waals surface area contributed by atoms with Crippen LogP contribution >= 0.6 is 0 Å². The van der Waals surface area contributed by atoms with Crippen molar-refractivity contribution in [3.63, 3.8) is 0 Å². The lowest BCUT2D eigenvalue weighted by molar-refractivity contribution is 0.0925. The highest BCUT2D eigenvalue weighted by molar-refractivity contribution is 4.70. The lowest BCUT2D eigenvalue weighted by atomic mass is 9.84. The summed E-state index contributed by atoms with van der Waals surface area (Å²) in [5.74, 6) is 1.42. The maximum atomic E-state index is 9.98. The normalized spacial score (nSPS) is 22.6. The molecule has 1 N–H and O–H groups in total. The summed E-state index contributed by atoms with van der Waals surface area (Å²) < 4.78 is 0. The molecule has 0 aromatic rings. The Hall–Kier alpha value is -0.0400. The number of hydrogen-bond donors (Lipinski definition) is 1. The second-order valence-corrected chi connectivity index (χ2v) is 5.41. The first-order valence-corrected chi connectivity index (χ1v) is 6.92. The molecule has 1 rings (SSSR count). The third-order valence-electron chi connectivity index (χ3n) is 4.00. The minimum atomic E-state index is -0.0492. The van der Waals surface area contributed by atoms with Gasteiger partial charge in [0.1, 0.15) is 0 Å². The van der Waals surface area contributed by atoms with Gasteiger partial charge in [-0.3, -0.25) is 0 Å². The van der Waals surface area contributed by atoms with Crippen LogP contribution in [0.5, 0.6) is 0 Å². The molecular formula is C14H28O. The van der Waals surface area contributed by atoms with Gasteiger partial charge in [0.05, 0.1) is 6.10 Å². The fourth-order valence-corrected chi connectivity index (χ4v) is 2.81. The van der Waals surface area contributed by atoms with E-state index in [2.05, 4.69) is 13.8 Å². The largest absolute Gasteiger partial charge is 0.393 e. The van der Waals surface area contributed by atoms with Crippen molar-refractivity contribution in [3.05, 3.63) is 0 Å². The van der Waals surface area contributed by atoms with Crippen LogP contribution in [0.4, 0.5) is 0 Å². The van der Waals surface area contributed by atoms with E-state index >= 15 is 0 Å². The Morgan fingerprint density at radius 2 is 1.80 bits per heavy atom. The molecule has 1 nitrogen and oxygen atoms in total. The molecular weight excluding hydrogens is 184 g/mol. The van der Waals surface area contributed by atoms with Crippen LogP contribution in [0.2, 0.25) is 0 Å². The Kier molecular flexibility index (Phi) is 6.31. The zero-order valence-corrected chi connectivity index (χ0v) is 10.5. The van der Waals surface area contributed by atoms with Gasteiger partial charge in [0.2, 0.25) is 0 Å². The molecule has 0 aromatic carbocycles. The van der Waals surface area contributed by atoms with Gasteiger partial charge in [0.15, 0.2) is 0 Å². The molecule has 0 aliphatic heterocycles. The number of hydrogen-bond acceptors (Lipinski definition) is 1. The SMILES string of the molecule is CCCC(C)C(O)CCC1CCCCC1. The Morgan fingerprint density at radius 3 is 2.40 bits per heavy atom. The zero-order chi connectivity index (χ0) is 11.1. The van der Waals surface area contributed by atoms with Crippen LogP contribution in [0.15, 0.2) is 0 Å². The van der Waals surface area contributed by atoms with Crippen molar-refractivity contribution in [1.82, 2.24) is 0 Å². The number of aliphatic hydroxyl groups excluding tert-OH is 1. The van der Waals surface area contributed by atoms with Crippen molar-refractivity contribution < 1.29 is 5.11 Å². The second kappa shape index (κ2) is 7.27. The van der Waals surface area contributed by atoms with Crippen LogP contribution in [0.25, 0.3) is 0 Å². The number of rotatable bonds is 6. The summed E-state index contributed by atoms with van der Waals surface area (Å²) >= 11 is 0. The van der Waals surface area contributed by atoms with Gasteiger partial charge in [-0.1, -0.05) is 52.4 Å². The van der Waals surface area contributed by atoms with E-state index in [4.69, 9.17) is 0 Å². The van der Waals surface area contributed by atoms with E-state index < -0.39 is 0 Å². The summed E-state index contributed by atoms with van der Waals surface area (Å²) in [6.45, 7) is 4.39. The average Bonchev–Trinajstić information content (AvgIpc) is 2.27. The third-order valence-corrected chi connectivity index (χ3v) is 4.00. The molecule has 1 aliphatic rings. The van der Waals surface area contributed by atoms with Gasteiger partial charge in [-0.2, -0.15) is 0 Å². The summed E-state index contributed by atoms with van der Waals surface area (Å²) in [6, 6.07) is 0. The van der Waals surface area contributed by atoms with Crippen LogP contribution in [0.3, 0.4) is 0 Å². The van der Waals surface area contributed by atoms with Crippen molar-refractivity contribution >= 4 is 0 Å². The van der Waals surface area contributed by atoms with Crippen molar-refractivity contribution in [2.45, 2.75) is 77.7 Å². The highest BCUT2D eigenvalue weighted by Gasteiger charge is 2.17. The molecule has 0 aromatic heterocycles. The van der Waals surface area contributed by atoms with E-state index in [0.717, 1.165) is 12.3 Å². The molecule has 0 saturated heterocycles. The standard InChI is InChI=1S/C14H28O/c1-3-7-12(2)14(15)11-10-13-8-5-4-6-9-13/h12-15H,3-11H2,1-2H3. The van der Waals surface area contributed by atoms with Gasteiger partial charge in [-0.15, -0.1) is 0 Å². The molecule has 0 bridgehead atoms. The van der Waals surface area contributed by atoms with Crippen LogP contribution < -0.4 is 0 Å². The Bertz CT molecular complexity index is 149. The topological polar surface area (TPSA) is 20.2 Å². The van der Waals surface area contributed by atoms with Gasteiger partial charge < -0.3 is 5.11 Å². The molecule has 0 radical (unpaired) electrons. The summed E-state index contributed by atoms with van der Waals surface area (Å²) in [7, 11) is 0. The minimum absolute atomic E-state index is 0.0492. The first-order chi connectivity index (χ1) is 7.24. The predicted octanol–water partition coefficient (Wildman–Crippen LogP) is 4.14. The van der Waals surface area contributed by atoms with E-state index in [1.165, 1.54) is 51.4 Å². The Morgan fingerprint density at radius 1 is 1.13 bits per heavy atom. The summed E-state index contributed by atoms with van der Waals surface area (Å²) in [5, 5.41) is 9.98. The molecule has 2 unspecified atom stereocenters. The minimum Gasteiger partial charge on any atom is -0.393 e. The van der Waals surface area contributed by atoms with E-state index in [-0.39, 0.29) is 6.10 Å². The number of aliphatic hydroxyl groups is 1. The summed E-state index contributed by atoms with van der Waals surface area (Å²) in [6.07, 6.45) is 11.7. The van der Waals surface area contributed by atoms with Crippen LogP contribution in [0.1, 0.15) is 71.6 Å². The van der Waals surface area contributed by atoms with Crippen LogP contribution in [-0.2, 0) is 0 Å². The van der Waals surface area contributed by atoms with E-state index in [0.29, 0.717) is 5.92 Å². The molecule has 1 fully saturated rings. The second-order valence-electron chi connectivity index (χ2n) is 5.41. The fraction of sp³-hybridized carbons (Fsp3) is 1.00. The quantitative estimate of drug-likeness (QED) is 0.701. The average molecular weight is 212 g/mol. The third kappa shape index (κ3) is 5.01. The Labute approximate surface area is 95.3 Å². The maximum absolute atomic E-state index is 9.98.